The standard InChI is InChI=1S/C24H29N3O4/c1-16-4-3-5-17(2)24(16)26-23(29)14-27(19-7-8-19)11-10-22(28)25-13-18-6-9-20-21(12-18)31-15-30-20/h3-6,9,12,19H,7-8,10-11,13-15H2,1-2H3,(H,25,28)(H,26,29). The predicted molar refractivity (Wildman–Crippen MR) is 118 cm³/mol. The van der Waals surface area contributed by atoms with Crippen LogP contribution in [0.3, 0.4) is 0 Å². The molecule has 4 rings (SSSR count). The Bertz CT molecular complexity index is 951. The summed E-state index contributed by atoms with van der Waals surface area (Å²) in [5.41, 5.74) is 3.94. The maximum Gasteiger partial charge on any atom is 0.238 e. The highest BCUT2D eigenvalue weighted by Crippen LogP contribution is 2.32. The number of carbonyl (C=O) groups excluding carboxylic acids is 2. The molecule has 0 bridgehead atoms. The zero-order chi connectivity index (χ0) is 21.8. The van der Waals surface area contributed by atoms with E-state index in [-0.39, 0.29) is 18.6 Å². The number of nitrogens with one attached hydrogen (secondary N) is 2. The molecule has 1 aliphatic heterocycles. The van der Waals surface area contributed by atoms with Crippen molar-refractivity contribution in [3.05, 3.63) is 53.1 Å². The molecule has 0 atom stereocenters. The van der Waals surface area contributed by atoms with Crippen LogP contribution in [0.1, 0.15) is 36.0 Å². The van der Waals surface area contributed by atoms with Crippen molar-refractivity contribution in [2.45, 2.75) is 45.7 Å². The number of carbonyl (C=O) groups is 2. The summed E-state index contributed by atoms with van der Waals surface area (Å²) < 4.78 is 10.7. The quantitative estimate of drug-likeness (QED) is 0.648. The average Bonchev–Trinajstić information content (AvgIpc) is 3.49. The number of ether oxygens (including phenoxy) is 2. The molecule has 0 aromatic heterocycles. The molecule has 1 heterocycles. The topological polar surface area (TPSA) is 79.9 Å². The van der Waals surface area contributed by atoms with E-state index in [0.717, 1.165) is 41.0 Å². The summed E-state index contributed by atoms with van der Waals surface area (Å²) in [6, 6.07) is 12.0. The van der Waals surface area contributed by atoms with Gasteiger partial charge in [0.05, 0.1) is 6.54 Å². The molecule has 7 heteroatoms. The van der Waals surface area contributed by atoms with Gasteiger partial charge >= 0.3 is 0 Å². The molecule has 2 aromatic carbocycles. The van der Waals surface area contributed by atoms with Gasteiger partial charge in [-0.15, -0.1) is 0 Å². The van der Waals surface area contributed by atoms with Crippen molar-refractivity contribution in [2.75, 3.05) is 25.2 Å². The molecule has 2 amide bonds. The van der Waals surface area contributed by atoms with E-state index in [1.54, 1.807) is 0 Å². The summed E-state index contributed by atoms with van der Waals surface area (Å²) in [4.78, 5) is 27.1. The van der Waals surface area contributed by atoms with E-state index in [2.05, 4.69) is 15.5 Å². The van der Waals surface area contributed by atoms with Crippen molar-refractivity contribution >= 4 is 17.5 Å². The van der Waals surface area contributed by atoms with Gasteiger partial charge in [-0.3, -0.25) is 14.5 Å². The van der Waals surface area contributed by atoms with E-state index in [0.29, 0.717) is 37.8 Å². The minimum atomic E-state index is -0.0370. The maximum atomic E-state index is 12.6. The normalized spacial score (nSPS) is 14.5. The molecule has 0 spiro atoms. The van der Waals surface area contributed by atoms with E-state index < -0.39 is 0 Å². The van der Waals surface area contributed by atoms with Crippen LogP contribution in [-0.4, -0.2) is 42.6 Å². The molecule has 7 nitrogen and oxygen atoms in total. The van der Waals surface area contributed by atoms with Crippen LogP contribution in [0.25, 0.3) is 0 Å². The highest BCUT2D eigenvalue weighted by molar-refractivity contribution is 5.93. The molecule has 2 N–H and O–H groups in total. The van der Waals surface area contributed by atoms with Crippen LogP contribution in [0.2, 0.25) is 0 Å². The van der Waals surface area contributed by atoms with E-state index in [9.17, 15) is 9.59 Å². The van der Waals surface area contributed by atoms with Crippen molar-refractivity contribution in [2.24, 2.45) is 0 Å². The van der Waals surface area contributed by atoms with Crippen molar-refractivity contribution < 1.29 is 19.1 Å². The van der Waals surface area contributed by atoms with E-state index in [1.165, 1.54) is 0 Å². The smallest absolute Gasteiger partial charge is 0.238 e. The number of nitrogens with zero attached hydrogens (tertiary/aromatic N) is 1. The van der Waals surface area contributed by atoms with Gasteiger partial charge in [0, 0.05) is 31.2 Å². The fourth-order valence-corrected chi connectivity index (χ4v) is 3.79. The number of hydrogen-bond donors (Lipinski definition) is 2. The third kappa shape index (κ3) is 5.55. The molecule has 2 aromatic rings. The number of rotatable bonds is 9. The highest BCUT2D eigenvalue weighted by atomic mass is 16.7. The summed E-state index contributed by atoms with van der Waals surface area (Å²) in [6.45, 7) is 5.52. The number of para-hydroxylation sites is 1. The number of benzene rings is 2. The Balaban J connectivity index is 1.25. The molecule has 1 saturated carbocycles. The highest BCUT2D eigenvalue weighted by Gasteiger charge is 2.30. The van der Waals surface area contributed by atoms with Gasteiger partial charge in [-0.05, 0) is 55.5 Å². The second-order valence-corrected chi connectivity index (χ2v) is 8.23. The molecule has 1 aliphatic carbocycles. The molecule has 2 aliphatic rings. The van der Waals surface area contributed by atoms with Crippen LogP contribution < -0.4 is 20.1 Å². The summed E-state index contributed by atoms with van der Waals surface area (Å²) in [5.74, 6) is 1.37. The molecular formula is C24H29N3O4. The van der Waals surface area contributed by atoms with Gasteiger partial charge in [-0.2, -0.15) is 0 Å². The SMILES string of the molecule is Cc1cccc(C)c1NC(=O)CN(CCC(=O)NCc1ccc2c(c1)OCO2)C1CC1. The van der Waals surface area contributed by atoms with E-state index >= 15 is 0 Å². The van der Waals surface area contributed by atoms with E-state index in [1.807, 2.05) is 50.2 Å². The first kappa shape index (κ1) is 21.2. The summed E-state index contributed by atoms with van der Waals surface area (Å²) in [7, 11) is 0. The van der Waals surface area contributed by atoms with Gasteiger partial charge in [0.2, 0.25) is 18.6 Å². The second-order valence-electron chi connectivity index (χ2n) is 8.23. The Morgan fingerprint density at radius 1 is 1.03 bits per heavy atom. The summed E-state index contributed by atoms with van der Waals surface area (Å²) in [6.07, 6.45) is 2.52. The molecule has 0 radical (unpaired) electrons. The lowest BCUT2D eigenvalue weighted by molar-refractivity contribution is -0.122. The average molecular weight is 424 g/mol. The predicted octanol–water partition coefficient (Wildman–Crippen LogP) is 3.14. The van der Waals surface area contributed by atoms with Crippen molar-refractivity contribution in [3.8, 4) is 11.5 Å². The number of fused-ring (bicyclic) bond motifs is 1. The van der Waals surface area contributed by atoms with Crippen molar-refractivity contribution in [1.29, 1.82) is 0 Å². The van der Waals surface area contributed by atoms with Gasteiger partial charge < -0.3 is 20.1 Å². The Morgan fingerprint density at radius 3 is 2.52 bits per heavy atom. The lowest BCUT2D eigenvalue weighted by Gasteiger charge is -2.22. The van der Waals surface area contributed by atoms with Crippen LogP contribution in [-0.2, 0) is 16.1 Å². The lowest BCUT2D eigenvalue weighted by Crippen LogP contribution is -2.38. The monoisotopic (exact) mass is 423 g/mol. The van der Waals surface area contributed by atoms with Gasteiger partial charge in [0.15, 0.2) is 11.5 Å². The molecule has 0 saturated heterocycles. The zero-order valence-electron chi connectivity index (χ0n) is 18.1. The summed E-state index contributed by atoms with van der Waals surface area (Å²) in [5, 5.41) is 5.99. The number of hydrogen-bond acceptors (Lipinski definition) is 5. The number of anilines is 1. The largest absolute Gasteiger partial charge is 0.454 e. The number of aryl methyl sites for hydroxylation is 2. The maximum absolute atomic E-state index is 12.6. The van der Waals surface area contributed by atoms with Crippen molar-refractivity contribution in [1.82, 2.24) is 10.2 Å². The first-order valence-corrected chi connectivity index (χ1v) is 10.7. The minimum Gasteiger partial charge on any atom is -0.454 e. The van der Waals surface area contributed by atoms with Crippen LogP contribution in [0.5, 0.6) is 11.5 Å². The lowest BCUT2D eigenvalue weighted by atomic mass is 10.1. The van der Waals surface area contributed by atoms with Gasteiger partial charge in [0.25, 0.3) is 0 Å². The van der Waals surface area contributed by atoms with E-state index in [4.69, 9.17) is 9.47 Å². The third-order valence-electron chi connectivity index (χ3n) is 5.71. The Hall–Kier alpha value is -3.06. The Morgan fingerprint density at radius 2 is 1.77 bits per heavy atom. The van der Waals surface area contributed by atoms with Crippen LogP contribution in [0.15, 0.2) is 36.4 Å². The molecule has 1 fully saturated rings. The van der Waals surface area contributed by atoms with Crippen LogP contribution in [0.4, 0.5) is 5.69 Å². The summed E-state index contributed by atoms with van der Waals surface area (Å²) >= 11 is 0. The van der Waals surface area contributed by atoms with Gasteiger partial charge in [-0.1, -0.05) is 24.3 Å². The Labute approximate surface area is 182 Å². The fourth-order valence-electron chi connectivity index (χ4n) is 3.79. The number of amides is 2. The van der Waals surface area contributed by atoms with Gasteiger partial charge in [-0.25, -0.2) is 0 Å². The molecule has 0 unspecified atom stereocenters. The third-order valence-corrected chi connectivity index (χ3v) is 5.71. The Kier molecular flexibility index (Phi) is 6.42. The molecule has 164 valence electrons. The molecular weight excluding hydrogens is 394 g/mol. The minimum absolute atomic E-state index is 0.0292. The van der Waals surface area contributed by atoms with Gasteiger partial charge in [0.1, 0.15) is 0 Å². The zero-order valence-corrected chi connectivity index (χ0v) is 18.1. The molecule has 31 heavy (non-hydrogen) atoms. The van der Waals surface area contributed by atoms with Crippen LogP contribution in [0, 0.1) is 13.8 Å². The van der Waals surface area contributed by atoms with Crippen LogP contribution >= 0.6 is 0 Å². The van der Waals surface area contributed by atoms with Crippen molar-refractivity contribution in [3.63, 3.8) is 0 Å². The first-order chi connectivity index (χ1) is 15.0. The fraction of sp³-hybridized carbons (Fsp3) is 0.417. The first-order valence-electron chi connectivity index (χ1n) is 10.7. The second kappa shape index (κ2) is 9.39.